The first-order valence-electron chi connectivity index (χ1n) is 12.2. The summed E-state index contributed by atoms with van der Waals surface area (Å²) in [6, 6.07) is 12.9. The number of rotatable bonds is 11. The van der Waals surface area contributed by atoms with Gasteiger partial charge in [-0.05, 0) is 45.9 Å². The lowest BCUT2D eigenvalue weighted by atomic mass is 10.2. The Kier molecular flexibility index (Phi) is 8.50. The first-order valence-corrected chi connectivity index (χ1v) is 13.3. The molecular formula is C25H32N5O5P. The Bertz CT molecular complexity index is 1130. The number of benzene rings is 1. The number of hydrogen-bond acceptors (Lipinski definition) is 8. The molecule has 0 spiro atoms. The van der Waals surface area contributed by atoms with Crippen molar-refractivity contribution in [2.75, 3.05) is 11.9 Å². The van der Waals surface area contributed by atoms with E-state index in [0.717, 1.165) is 0 Å². The third kappa shape index (κ3) is 6.00. The largest absolute Gasteiger partial charge is 0.351 e. The fraction of sp³-hybridized carbons (Fsp3) is 0.520. The summed E-state index contributed by atoms with van der Waals surface area (Å²) in [7, 11) is -1.34. The number of hydrogen-bond donors (Lipinski definition) is 1. The number of nitriles is 1. The summed E-state index contributed by atoms with van der Waals surface area (Å²) in [5.74, 6) is 0.0196. The highest BCUT2D eigenvalue weighted by Crippen LogP contribution is 2.58. The number of carbonyl (C=O) groups is 1. The van der Waals surface area contributed by atoms with Crippen LogP contribution in [0.2, 0.25) is 0 Å². The predicted octanol–water partition coefficient (Wildman–Crippen LogP) is 4.07. The van der Waals surface area contributed by atoms with Gasteiger partial charge in [-0.25, -0.2) is 9.46 Å². The maximum atomic E-state index is 12.7. The van der Waals surface area contributed by atoms with E-state index in [1.807, 2.05) is 6.07 Å². The van der Waals surface area contributed by atoms with E-state index in [0.29, 0.717) is 25.0 Å². The van der Waals surface area contributed by atoms with Crippen LogP contribution in [-0.2, 0) is 13.8 Å². The van der Waals surface area contributed by atoms with Gasteiger partial charge in [-0.15, -0.1) is 0 Å². The minimum atomic E-state index is -1.34. The van der Waals surface area contributed by atoms with Gasteiger partial charge < -0.3 is 19.1 Å². The van der Waals surface area contributed by atoms with Crippen molar-refractivity contribution in [3.8, 4) is 6.07 Å². The van der Waals surface area contributed by atoms with E-state index in [4.69, 9.17) is 19.0 Å². The van der Waals surface area contributed by atoms with Crippen molar-refractivity contribution in [2.45, 2.75) is 71.1 Å². The Hall–Kier alpha value is -2.67. The van der Waals surface area contributed by atoms with E-state index in [1.54, 1.807) is 36.5 Å². The lowest BCUT2D eigenvalue weighted by molar-refractivity contribution is -0.00953. The van der Waals surface area contributed by atoms with Crippen molar-refractivity contribution in [3.05, 3.63) is 58.6 Å². The molecule has 2 heterocycles. The second-order valence-electron chi connectivity index (χ2n) is 9.39. The molecule has 1 amide bonds. The van der Waals surface area contributed by atoms with Crippen LogP contribution in [-0.4, -0.2) is 51.0 Å². The molecule has 4 rings (SSSR count). The molecule has 36 heavy (non-hydrogen) atoms. The normalized spacial score (nSPS) is 23.5. The summed E-state index contributed by atoms with van der Waals surface area (Å²) < 4.78 is 22.1. The van der Waals surface area contributed by atoms with Gasteiger partial charge in [0.1, 0.15) is 12.0 Å². The minimum absolute atomic E-state index is 0.109. The van der Waals surface area contributed by atoms with Crippen LogP contribution in [0.15, 0.2) is 47.4 Å². The van der Waals surface area contributed by atoms with Crippen molar-refractivity contribution in [3.63, 3.8) is 0 Å². The van der Waals surface area contributed by atoms with Crippen LogP contribution in [0.1, 0.15) is 57.1 Å². The summed E-state index contributed by atoms with van der Waals surface area (Å²) >= 11 is 0. The average molecular weight is 514 g/mol. The fourth-order valence-electron chi connectivity index (χ4n) is 4.42. The monoisotopic (exact) mass is 513 g/mol. The molecule has 1 N–H and O–H groups in total. The highest BCUT2D eigenvalue weighted by molar-refractivity contribution is 7.44. The molecule has 1 saturated carbocycles. The van der Waals surface area contributed by atoms with Gasteiger partial charge in [-0.3, -0.25) is 9.36 Å². The van der Waals surface area contributed by atoms with E-state index in [1.165, 1.54) is 4.57 Å². The molecule has 1 aliphatic heterocycles. The molecule has 10 nitrogen and oxygen atoms in total. The van der Waals surface area contributed by atoms with Crippen LogP contribution in [0.25, 0.3) is 0 Å². The molecule has 1 aliphatic carbocycles. The van der Waals surface area contributed by atoms with Gasteiger partial charge in [0, 0.05) is 36.2 Å². The molecule has 2 fully saturated rings. The van der Waals surface area contributed by atoms with Crippen molar-refractivity contribution in [1.29, 1.82) is 5.26 Å². The number of nitrogens with one attached hydrogen (secondary N) is 1. The predicted molar refractivity (Wildman–Crippen MR) is 135 cm³/mol. The summed E-state index contributed by atoms with van der Waals surface area (Å²) in [5, 5.41) is 11.5. The van der Waals surface area contributed by atoms with Gasteiger partial charge in [0.2, 0.25) is 0 Å². The van der Waals surface area contributed by atoms with Crippen molar-refractivity contribution >= 4 is 20.3 Å². The summed E-state index contributed by atoms with van der Waals surface area (Å²) in [4.78, 5) is 29.0. The standard InChI is InChI=1S/C25H32N5O5P/c1-16(2)30(17(3)4)36(33-14-8-12-26)35-23-19-15-21(34-22(19)23)29-13-11-20(28-25(29)32)27-24(31)18-9-6-5-7-10-18/h5-7,9-11,13,16-17,19,21-23H,8,14-15H2,1-4H3,(H,27,28,31,32)/t19?,21-,22+,23?,36?/m1/s1. The summed E-state index contributed by atoms with van der Waals surface area (Å²) in [6.45, 7) is 8.70. The highest BCUT2D eigenvalue weighted by atomic mass is 31.2. The zero-order valence-electron chi connectivity index (χ0n) is 20.9. The number of ether oxygens (including phenoxy) is 1. The number of carbonyl (C=O) groups excluding carboxylic acids is 1. The molecule has 0 bridgehead atoms. The third-order valence-corrected chi connectivity index (χ3v) is 8.24. The van der Waals surface area contributed by atoms with E-state index in [2.05, 4.69) is 48.7 Å². The van der Waals surface area contributed by atoms with Gasteiger partial charge in [-0.2, -0.15) is 10.2 Å². The number of fused-ring (bicyclic) bond motifs is 1. The molecule has 5 atom stereocenters. The molecule has 3 unspecified atom stereocenters. The van der Waals surface area contributed by atoms with Crippen LogP contribution in [0, 0.1) is 17.2 Å². The topological polar surface area (TPSA) is 119 Å². The van der Waals surface area contributed by atoms with E-state index in [9.17, 15) is 9.59 Å². The first kappa shape index (κ1) is 26.4. The molecule has 2 aliphatic rings. The summed E-state index contributed by atoms with van der Waals surface area (Å²) in [5.41, 5.74) is -0.00342. The van der Waals surface area contributed by atoms with Gasteiger partial charge in [0.15, 0.2) is 0 Å². The van der Waals surface area contributed by atoms with E-state index >= 15 is 0 Å². The summed E-state index contributed by atoms with van der Waals surface area (Å²) in [6.07, 6.45) is 1.86. The SMILES string of the molecule is CC(C)N(C(C)C)P(OCCC#N)OC1C2C[C@H](n3ccc(NC(=O)c4ccccc4)nc3=O)O[C@@H]21. The maximum absolute atomic E-state index is 12.7. The van der Waals surface area contributed by atoms with E-state index < -0.39 is 20.4 Å². The van der Waals surface area contributed by atoms with Crippen molar-refractivity contribution < 1.29 is 18.6 Å². The highest BCUT2D eigenvalue weighted by Gasteiger charge is 2.61. The molecule has 0 radical (unpaired) electrons. The molecule has 1 saturated heterocycles. The Labute approximate surface area is 212 Å². The zero-order valence-corrected chi connectivity index (χ0v) is 21.8. The Morgan fingerprint density at radius 2 is 2.00 bits per heavy atom. The number of amides is 1. The van der Waals surface area contributed by atoms with Crippen LogP contribution in [0.5, 0.6) is 0 Å². The first-order chi connectivity index (χ1) is 17.3. The van der Waals surface area contributed by atoms with Crippen LogP contribution >= 0.6 is 8.53 Å². The average Bonchev–Trinajstić information content (AvgIpc) is 3.27. The minimum Gasteiger partial charge on any atom is -0.351 e. The Balaban J connectivity index is 1.35. The van der Waals surface area contributed by atoms with Gasteiger partial charge >= 0.3 is 5.69 Å². The second kappa shape index (κ2) is 11.6. The van der Waals surface area contributed by atoms with Crippen LogP contribution in [0.4, 0.5) is 5.82 Å². The van der Waals surface area contributed by atoms with Crippen molar-refractivity contribution in [1.82, 2.24) is 14.2 Å². The quantitative estimate of drug-likeness (QED) is 0.353. The van der Waals surface area contributed by atoms with Gasteiger partial charge in [-0.1, -0.05) is 18.2 Å². The molecule has 1 aromatic heterocycles. The molecular weight excluding hydrogens is 481 g/mol. The lowest BCUT2D eigenvalue weighted by Gasteiger charge is -2.36. The Morgan fingerprint density at radius 3 is 2.58 bits per heavy atom. The zero-order chi connectivity index (χ0) is 25.8. The van der Waals surface area contributed by atoms with Gasteiger partial charge in [0.05, 0.1) is 31.3 Å². The maximum Gasteiger partial charge on any atom is 0.351 e. The second-order valence-corrected chi connectivity index (χ2v) is 10.8. The van der Waals surface area contributed by atoms with Crippen molar-refractivity contribution in [2.24, 2.45) is 5.92 Å². The van der Waals surface area contributed by atoms with Gasteiger partial charge in [0.25, 0.3) is 14.4 Å². The molecule has 1 aromatic carbocycles. The molecule has 2 aromatic rings. The Morgan fingerprint density at radius 1 is 1.28 bits per heavy atom. The van der Waals surface area contributed by atoms with Crippen LogP contribution < -0.4 is 11.0 Å². The van der Waals surface area contributed by atoms with E-state index in [-0.39, 0.29) is 41.9 Å². The number of nitrogens with zero attached hydrogens (tertiary/aromatic N) is 4. The van der Waals surface area contributed by atoms with Crippen LogP contribution in [0.3, 0.4) is 0 Å². The lowest BCUT2D eigenvalue weighted by Crippen LogP contribution is -2.34. The fourth-order valence-corrected chi connectivity index (χ4v) is 6.21. The molecule has 11 heteroatoms. The molecule has 192 valence electrons. The third-order valence-electron chi connectivity index (χ3n) is 6.11. The number of aromatic nitrogens is 2. The smallest absolute Gasteiger partial charge is 0.351 e. The number of anilines is 1.